The average molecular weight is 276 g/mol. The smallest absolute Gasteiger partial charge is 0.224 e. The summed E-state index contributed by atoms with van der Waals surface area (Å²) < 4.78 is 0. The maximum Gasteiger partial charge on any atom is 0.224 e. The number of carbonyl (C=O) groups excluding carboxylic acids is 2. The summed E-state index contributed by atoms with van der Waals surface area (Å²) in [5, 5.41) is 5.65. The molecule has 0 saturated heterocycles. The fraction of sp³-hybridized carbons (Fsp3) is 0.833. The van der Waals surface area contributed by atoms with Gasteiger partial charge in [0.1, 0.15) is 0 Å². The van der Waals surface area contributed by atoms with Crippen molar-refractivity contribution in [2.45, 2.75) is 38.1 Å². The monoisotopic (exact) mass is 275 g/mol. The molecule has 2 rings (SSSR count). The second-order valence-electron chi connectivity index (χ2n) is 5.06. The van der Waals surface area contributed by atoms with E-state index < -0.39 is 0 Å². The minimum atomic E-state index is -0.0332. The summed E-state index contributed by atoms with van der Waals surface area (Å²) in [6.07, 6.45) is 4.89. The molecule has 5 nitrogen and oxygen atoms in total. The first-order valence-corrected chi connectivity index (χ1v) is 6.49. The van der Waals surface area contributed by atoms with Crippen LogP contribution in [-0.2, 0) is 9.59 Å². The number of carbonyl (C=O) groups is 2. The van der Waals surface area contributed by atoms with E-state index in [0.29, 0.717) is 13.1 Å². The van der Waals surface area contributed by atoms with Gasteiger partial charge < -0.3 is 16.4 Å². The van der Waals surface area contributed by atoms with Gasteiger partial charge in [0.2, 0.25) is 11.8 Å². The second kappa shape index (κ2) is 6.95. The molecule has 0 radical (unpaired) electrons. The molecule has 2 aliphatic carbocycles. The maximum atomic E-state index is 11.7. The Morgan fingerprint density at radius 3 is 2.11 bits per heavy atom. The molecule has 2 saturated carbocycles. The highest BCUT2D eigenvalue weighted by Gasteiger charge is 2.30. The predicted molar refractivity (Wildman–Crippen MR) is 71.3 cm³/mol. The third-order valence-corrected chi connectivity index (χ3v) is 3.58. The zero-order chi connectivity index (χ0) is 12.3. The van der Waals surface area contributed by atoms with E-state index in [0.717, 1.165) is 32.1 Å². The first kappa shape index (κ1) is 15.2. The van der Waals surface area contributed by atoms with Gasteiger partial charge in [-0.25, -0.2) is 0 Å². The van der Waals surface area contributed by atoms with Crippen molar-refractivity contribution in [1.82, 2.24) is 10.6 Å². The minimum Gasteiger partial charge on any atom is -0.354 e. The highest BCUT2D eigenvalue weighted by atomic mass is 35.5. The average Bonchev–Trinajstić information content (AvgIpc) is 3.07. The molecule has 0 heterocycles. The first-order chi connectivity index (χ1) is 8.18. The molecule has 4 N–H and O–H groups in total. The molecule has 18 heavy (non-hydrogen) atoms. The largest absolute Gasteiger partial charge is 0.354 e. The quantitative estimate of drug-likeness (QED) is 0.626. The van der Waals surface area contributed by atoms with Crippen LogP contribution in [0.4, 0.5) is 0 Å². The van der Waals surface area contributed by atoms with Crippen LogP contribution in [0.3, 0.4) is 0 Å². The number of hydrogen-bond acceptors (Lipinski definition) is 3. The topological polar surface area (TPSA) is 84.2 Å². The summed E-state index contributed by atoms with van der Waals surface area (Å²) in [6, 6.07) is 0.0102. The molecule has 0 spiro atoms. The summed E-state index contributed by atoms with van der Waals surface area (Å²) >= 11 is 0. The summed E-state index contributed by atoms with van der Waals surface area (Å²) in [4.78, 5) is 23.1. The molecular weight excluding hydrogens is 254 g/mol. The van der Waals surface area contributed by atoms with Crippen LogP contribution in [0.25, 0.3) is 0 Å². The third-order valence-electron chi connectivity index (χ3n) is 3.58. The van der Waals surface area contributed by atoms with E-state index in [1.165, 1.54) is 0 Å². The number of rotatable bonds is 5. The van der Waals surface area contributed by atoms with Gasteiger partial charge in [0.05, 0.1) is 5.92 Å². The van der Waals surface area contributed by atoms with Crippen molar-refractivity contribution in [3.05, 3.63) is 0 Å². The van der Waals surface area contributed by atoms with E-state index in [2.05, 4.69) is 10.6 Å². The van der Waals surface area contributed by atoms with E-state index >= 15 is 0 Å². The molecule has 2 fully saturated rings. The Bertz CT molecular complexity index is 308. The molecule has 0 aliphatic heterocycles. The van der Waals surface area contributed by atoms with E-state index in [1.807, 2.05) is 0 Å². The van der Waals surface area contributed by atoms with Crippen molar-refractivity contribution in [1.29, 1.82) is 0 Å². The molecule has 2 aliphatic rings. The highest BCUT2D eigenvalue weighted by molar-refractivity contribution is 5.85. The van der Waals surface area contributed by atoms with Crippen molar-refractivity contribution in [3.63, 3.8) is 0 Å². The fourth-order valence-corrected chi connectivity index (χ4v) is 2.31. The summed E-state index contributed by atoms with van der Waals surface area (Å²) in [6.45, 7) is 1.02. The molecular formula is C12H22ClN3O2. The molecule has 2 atom stereocenters. The summed E-state index contributed by atoms with van der Waals surface area (Å²) in [7, 11) is 0. The van der Waals surface area contributed by atoms with Gasteiger partial charge in [0, 0.05) is 25.0 Å². The lowest BCUT2D eigenvalue weighted by atomic mass is 10.0. The number of nitrogens with one attached hydrogen (secondary N) is 2. The molecule has 104 valence electrons. The Hall–Kier alpha value is -0.810. The number of hydrogen-bond donors (Lipinski definition) is 3. The van der Waals surface area contributed by atoms with Crippen LogP contribution in [0.2, 0.25) is 0 Å². The number of halogens is 1. The van der Waals surface area contributed by atoms with E-state index in [4.69, 9.17) is 5.73 Å². The van der Waals surface area contributed by atoms with Crippen LogP contribution in [-0.4, -0.2) is 30.9 Å². The lowest BCUT2D eigenvalue weighted by Crippen LogP contribution is -2.41. The normalized spacial score (nSPS) is 26.3. The van der Waals surface area contributed by atoms with Crippen molar-refractivity contribution in [2.24, 2.45) is 17.6 Å². The number of nitrogens with two attached hydrogens (primary N) is 1. The third kappa shape index (κ3) is 4.14. The fourth-order valence-electron chi connectivity index (χ4n) is 2.31. The minimum absolute atomic E-state index is 0. The van der Waals surface area contributed by atoms with Crippen LogP contribution in [0, 0.1) is 11.8 Å². The molecule has 2 amide bonds. The molecule has 6 heteroatoms. The van der Waals surface area contributed by atoms with Gasteiger partial charge in [-0.2, -0.15) is 0 Å². The Morgan fingerprint density at radius 2 is 1.61 bits per heavy atom. The molecule has 0 aromatic heterocycles. The van der Waals surface area contributed by atoms with Crippen molar-refractivity contribution in [2.75, 3.05) is 13.1 Å². The van der Waals surface area contributed by atoms with E-state index in [9.17, 15) is 9.59 Å². The van der Waals surface area contributed by atoms with E-state index in [1.54, 1.807) is 0 Å². The lowest BCUT2D eigenvalue weighted by Gasteiger charge is -2.15. The van der Waals surface area contributed by atoms with Gasteiger partial charge >= 0.3 is 0 Å². The standard InChI is InChI=1S/C12H21N3O2.ClH/c13-10-3-1-2-9(10)12(17)15-7-6-14-11(16)8-4-5-8;/h8-10H,1-7,13H2,(H,14,16)(H,15,17);1H. The first-order valence-electron chi connectivity index (χ1n) is 6.49. The Labute approximate surface area is 114 Å². The summed E-state index contributed by atoms with van der Waals surface area (Å²) in [5.74, 6) is 0.357. The molecule has 2 unspecified atom stereocenters. The molecule has 0 aromatic carbocycles. The predicted octanol–water partition coefficient (Wildman–Crippen LogP) is 0.178. The van der Waals surface area contributed by atoms with Crippen molar-refractivity contribution < 1.29 is 9.59 Å². The Kier molecular flexibility index (Phi) is 5.88. The van der Waals surface area contributed by atoms with Crippen molar-refractivity contribution in [3.8, 4) is 0 Å². The highest BCUT2D eigenvalue weighted by Crippen LogP contribution is 2.28. The van der Waals surface area contributed by atoms with Gasteiger partial charge in [0.15, 0.2) is 0 Å². The van der Waals surface area contributed by atoms with Gasteiger partial charge in [-0.3, -0.25) is 9.59 Å². The van der Waals surface area contributed by atoms with Gasteiger partial charge in [-0.15, -0.1) is 12.4 Å². The maximum absolute atomic E-state index is 11.7. The SMILES string of the molecule is Cl.NC1CCCC1C(=O)NCCNC(=O)C1CC1. The van der Waals surface area contributed by atoms with Crippen LogP contribution >= 0.6 is 12.4 Å². The van der Waals surface area contributed by atoms with Gasteiger partial charge in [0.25, 0.3) is 0 Å². The Balaban J connectivity index is 0.00000162. The summed E-state index contributed by atoms with van der Waals surface area (Å²) in [5.41, 5.74) is 5.85. The van der Waals surface area contributed by atoms with Crippen LogP contribution in [0.1, 0.15) is 32.1 Å². The van der Waals surface area contributed by atoms with Crippen LogP contribution < -0.4 is 16.4 Å². The Morgan fingerprint density at radius 1 is 1.00 bits per heavy atom. The van der Waals surface area contributed by atoms with Crippen molar-refractivity contribution >= 4 is 24.2 Å². The lowest BCUT2D eigenvalue weighted by molar-refractivity contribution is -0.126. The zero-order valence-electron chi connectivity index (χ0n) is 10.5. The second-order valence-corrected chi connectivity index (χ2v) is 5.06. The zero-order valence-corrected chi connectivity index (χ0v) is 11.3. The van der Waals surface area contributed by atoms with Crippen LogP contribution in [0.15, 0.2) is 0 Å². The van der Waals surface area contributed by atoms with Crippen LogP contribution in [0.5, 0.6) is 0 Å². The van der Waals surface area contributed by atoms with E-state index in [-0.39, 0.29) is 42.1 Å². The van der Waals surface area contributed by atoms with Gasteiger partial charge in [-0.05, 0) is 25.7 Å². The number of amides is 2. The molecule has 0 bridgehead atoms. The molecule has 0 aromatic rings. The van der Waals surface area contributed by atoms with Gasteiger partial charge in [-0.1, -0.05) is 6.42 Å².